The summed E-state index contributed by atoms with van der Waals surface area (Å²) < 4.78 is 6.24. The number of hydrogen-bond acceptors (Lipinski definition) is 2. The number of carbonyl (C=O) groups is 1. The Bertz CT molecular complexity index is 277. The van der Waals surface area contributed by atoms with E-state index in [4.69, 9.17) is 4.43 Å². The third kappa shape index (κ3) is 7.26. The molecule has 0 N–H and O–H groups in total. The van der Waals surface area contributed by atoms with Gasteiger partial charge in [-0.05, 0) is 49.7 Å². The molecule has 2 nitrogen and oxygen atoms in total. The number of rotatable bonds is 8. The van der Waals surface area contributed by atoms with Gasteiger partial charge in [-0.2, -0.15) is 0 Å². The Morgan fingerprint density at radius 1 is 1.16 bits per heavy atom. The van der Waals surface area contributed by atoms with Crippen LogP contribution in [-0.4, -0.2) is 20.7 Å². The molecule has 1 atom stereocenters. The van der Waals surface area contributed by atoms with E-state index in [0.29, 0.717) is 24.0 Å². The highest BCUT2D eigenvalue weighted by Gasteiger charge is 2.37. The van der Waals surface area contributed by atoms with Crippen LogP contribution in [-0.2, 0) is 9.22 Å². The second-order valence-electron chi connectivity index (χ2n) is 7.64. The van der Waals surface area contributed by atoms with Crippen molar-refractivity contribution in [1.29, 1.82) is 0 Å². The molecule has 0 saturated heterocycles. The van der Waals surface area contributed by atoms with E-state index >= 15 is 0 Å². The highest BCUT2D eigenvalue weighted by Crippen LogP contribution is 2.37. The molecule has 114 valence electrons. The average molecular weight is 287 g/mol. The van der Waals surface area contributed by atoms with E-state index < -0.39 is 8.32 Å². The third-order valence-electron chi connectivity index (χ3n) is 4.57. The van der Waals surface area contributed by atoms with Crippen LogP contribution in [0.4, 0.5) is 0 Å². The number of carbonyl (C=O) groups excluding carboxylic acids is 1. The van der Waals surface area contributed by atoms with Crippen LogP contribution in [0.2, 0.25) is 18.1 Å². The van der Waals surface area contributed by atoms with Gasteiger partial charge in [0.2, 0.25) is 0 Å². The van der Waals surface area contributed by atoms with E-state index in [2.05, 4.69) is 47.7 Å². The molecule has 0 aromatic heterocycles. The molecule has 0 aliphatic rings. The minimum Gasteiger partial charge on any atom is -0.417 e. The molecule has 0 aliphatic heterocycles. The first-order valence-corrected chi connectivity index (χ1v) is 10.5. The van der Waals surface area contributed by atoms with Gasteiger partial charge in [0, 0.05) is 13.0 Å². The quantitative estimate of drug-likeness (QED) is 0.584. The van der Waals surface area contributed by atoms with Gasteiger partial charge in [0.25, 0.3) is 0 Å². The van der Waals surface area contributed by atoms with Crippen molar-refractivity contribution in [3.63, 3.8) is 0 Å². The maximum Gasteiger partial charge on any atom is 0.191 e. The Morgan fingerprint density at radius 3 is 2.05 bits per heavy atom. The van der Waals surface area contributed by atoms with Crippen LogP contribution in [0.3, 0.4) is 0 Å². The lowest BCUT2D eigenvalue weighted by Gasteiger charge is -2.36. The van der Waals surface area contributed by atoms with Gasteiger partial charge in [-0.1, -0.05) is 34.6 Å². The Labute approximate surface area is 121 Å². The van der Waals surface area contributed by atoms with Crippen molar-refractivity contribution in [2.75, 3.05) is 6.61 Å². The van der Waals surface area contributed by atoms with E-state index in [0.717, 1.165) is 19.4 Å². The molecule has 0 heterocycles. The van der Waals surface area contributed by atoms with Crippen LogP contribution >= 0.6 is 0 Å². The molecule has 19 heavy (non-hydrogen) atoms. The highest BCUT2D eigenvalue weighted by atomic mass is 28.4. The minimum absolute atomic E-state index is 0.277. The Morgan fingerprint density at radius 2 is 1.68 bits per heavy atom. The summed E-state index contributed by atoms with van der Waals surface area (Å²) in [5.41, 5.74) is 0. The minimum atomic E-state index is -1.62. The van der Waals surface area contributed by atoms with Crippen LogP contribution in [0, 0.1) is 11.8 Å². The highest BCUT2D eigenvalue weighted by molar-refractivity contribution is 6.74. The van der Waals surface area contributed by atoms with Gasteiger partial charge in [-0.15, -0.1) is 0 Å². The zero-order valence-electron chi connectivity index (χ0n) is 14.3. The summed E-state index contributed by atoms with van der Waals surface area (Å²) in [5.74, 6) is 1.53. The Hall–Kier alpha value is -0.153. The molecule has 0 saturated carbocycles. The molecule has 0 spiro atoms. The summed E-state index contributed by atoms with van der Waals surface area (Å²) in [6, 6.07) is 0. The van der Waals surface area contributed by atoms with Crippen LogP contribution in [0.1, 0.15) is 60.8 Å². The van der Waals surface area contributed by atoms with E-state index in [1.165, 1.54) is 0 Å². The average Bonchev–Trinajstić information content (AvgIpc) is 2.20. The lowest BCUT2D eigenvalue weighted by Crippen LogP contribution is -2.41. The van der Waals surface area contributed by atoms with Crippen molar-refractivity contribution in [3.8, 4) is 0 Å². The largest absolute Gasteiger partial charge is 0.417 e. The van der Waals surface area contributed by atoms with Crippen molar-refractivity contribution >= 4 is 14.1 Å². The normalized spacial score (nSPS) is 14.8. The van der Waals surface area contributed by atoms with Crippen LogP contribution < -0.4 is 0 Å². The standard InChI is InChI=1S/C16H34O2Si/c1-13(2)15(10-9-14(3)17)11-12-18-19(7,8)16(4,5)6/h13,15H,9-12H2,1-8H3/t15-/m0/s1. The molecule has 0 rings (SSSR count). The van der Waals surface area contributed by atoms with Gasteiger partial charge >= 0.3 is 0 Å². The number of ketones is 1. The summed E-state index contributed by atoms with van der Waals surface area (Å²) in [4.78, 5) is 11.1. The van der Waals surface area contributed by atoms with Crippen LogP contribution in [0.15, 0.2) is 0 Å². The van der Waals surface area contributed by atoms with Crippen molar-refractivity contribution < 1.29 is 9.22 Å². The lowest BCUT2D eigenvalue weighted by molar-refractivity contribution is -0.117. The predicted molar refractivity (Wildman–Crippen MR) is 86.0 cm³/mol. The van der Waals surface area contributed by atoms with Crippen molar-refractivity contribution in [2.45, 2.75) is 78.9 Å². The van der Waals surface area contributed by atoms with E-state index in [1.54, 1.807) is 6.92 Å². The summed E-state index contributed by atoms with van der Waals surface area (Å²) in [5, 5.41) is 0.277. The van der Waals surface area contributed by atoms with E-state index in [-0.39, 0.29) is 5.04 Å². The first-order valence-electron chi connectivity index (χ1n) is 7.61. The maximum atomic E-state index is 11.1. The fraction of sp³-hybridized carbons (Fsp3) is 0.938. The first kappa shape index (κ1) is 18.8. The summed E-state index contributed by atoms with van der Waals surface area (Å²) in [6.07, 6.45) is 2.80. The monoisotopic (exact) mass is 286 g/mol. The fourth-order valence-electron chi connectivity index (χ4n) is 1.88. The van der Waals surface area contributed by atoms with E-state index in [1.807, 2.05) is 0 Å². The second kappa shape index (κ2) is 7.58. The fourth-order valence-corrected chi connectivity index (χ4v) is 2.94. The topological polar surface area (TPSA) is 26.3 Å². The molecule has 0 unspecified atom stereocenters. The molecular weight excluding hydrogens is 252 g/mol. The van der Waals surface area contributed by atoms with Crippen LogP contribution in [0.25, 0.3) is 0 Å². The molecule has 0 bridgehead atoms. The number of Topliss-reactive ketones (excluding diaryl/α,β-unsaturated/α-hetero) is 1. The smallest absolute Gasteiger partial charge is 0.191 e. The SMILES string of the molecule is CC(=O)CC[C@@H](CCO[Si](C)(C)C(C)(C)C)C(C)C. The molecule has 0 radical (unpaired) electrons. The summed E-state index contributed by atoms with van der Waals surface area (Å²) in [6.45, 7) is 18.4. The summed E-state index contributed by atoms with van der Waals surface area (Å²) in [7, 11) is -1.62. The van der Waals surface area contributed by atoms with Gasteiger partial charge in [0.1, 0.15) is 5.78 Å². The van der Waals surface area contributed by atoms with Gasteiger partial charge in [0.15, 0.2) is 8.32 Å². The lowest BCUT2D eigenvalue weighted by atomic mass is 9.88. The zero-order chi connectivity index (χ0) is 15.3. The third-order valence-corrected chi connectivity index (χ3v) is 9.11. The molecule has 0 fully saturated rings. The molecule has 0 aromatic carbocycles. The van der Waals surface area contributed by atoms with Crippen LogP contribution in [0.5, 0.6) is 0 Å². The Balaban J connectivity index is 4.23. The number of hydrogen-bond donors (Lipinski definition) is 0. The maximum absolute atomic E-state index is 11.1. The molecule has 0 aromatic rings. The molecule has 3 heteroatoms. The zero-order valence-corrected chi connectivity index (χ0v) is 15.3. The Kier molecular flexibility index (Phi) is 7.52. The summed E-state index contributed by atoms with van der Waals surface area (Å²) >= 11 is 0. The molecule has 0 amide bonds. The van der Waals surface area contributed by atoms with Gasteiger partial charge in [-0.25, -0.2) is 0 Å². The van der Waals surface area contributed by atoms with Crippen molar-refractivity contribution in [1.82, 2.24) is 0 Å². The van der Waals surface area contributed by atoms with Gasteiger partial charge < -0.3 is 9.22 Å². The van der Waals surface area contributed by atoms with Gasteiger partial charge in [0.05, 0.1) is 0 Å². The van der Waals surface area contributed by atoms with Gasteiger partial charge in [-0.3, -0.25) is 0 Å². The second-order valence-corrected chi connectivity index (χ2v) is 12.5. The van der Waals surface area contributed by atoms with E-state index in [9.17, 15) is 4.79 Å². The predicted octanol–water partition coefficient (Wildman–Crippen LogP) is 5.04. The molecule has 0 aliphatic carbocycles. The first-order chi connectivity index (χ1) is 8.47. The molecular formula is C16H34O2Si. The van der Waals surface area contributed by atoms with Crippen molar-refractivity contribution in [3.05, 3.63) is 0 Å². The van der Waals surface area contributed by atoms with Crippen molar-refractivity contribution in [2.24, 2.45) is 11.8 Å².